The van der Waals surface area contributed by atoms with Gasteiger partial charge in [-0.05, 0) is 85.2 Å². The minimum atomic E-state index is -3.68. The Hall–Kier alpha value is -4.71. The van der Waals surface area contributed by atoms with Crippen LogP contribution >= 0.6 is 0 Å². The minimum absolute atomic E-state index is 0.0438. The number of sulfone groups is 1. The Labute approximate surface area is 266 Å². The van der Waals surface area contributed by atoms with E-state index >= 15 is 0 Å². The van der Waals surface area contributed by atoms with Crippen molar-refractivity contribution in [3.63, 3.8) is 0 Å². The van der Waals surface area contributed by atoms with Crippen LogP contribution in [0.2, 0.25) is 0 Å². The van der Waals surface area contributed by atoms with Crippen molar-refractivity contribution in [1.29, 1.82) is 0 Å². The number of carbonyl (C=O) groups excluding carboxylic acids is 2. The molecule has 240 valence electrons. The van der Waals surface area contributed by atoms with Crippen LogP contribution in [0.15, 0.2) is 77.8 Å². The first kappa shape index (κ1) is 31.3. The Morgan fingerprint density at radius 2 is 1.87 bits per heavy atom. The highest BCUT2D eigenvalue weighted by Crippen LogP contribution is 2.45. The normalized spacial score (nSPS) is 18.7. The molecule has 0 spiro atoms. The SMILES string of the molecule is CCOC(=O)[C@@H]1CCN(C(=O)[C@H](Nc2ccc3c(N)nccc3c2)c2ccc(F)c(OC)c2)[C@@H]1c1ccccc1S(=O)(=O)C1CC1. The van der Waals surface area contributed by atoms with Gasteiger partial charge in [0, 0.05) is 23.8 Å². The van der Waals surface area contributed by atoms with Crippen molar-refractivity contribution in [3.8, 4) is 5.75 Å². The third-order valence-corrected chi connectivity index (χ3v) is 11.0. The number of likely N-dealkylation sites (tertiary alicyclic amines) is 1. The molecule has 1 aliphatic carbocycles. The molecule has 1 saturated heterocycles. The number of hydrogen-bond acceptors (Lipinski definition) is 9. The van der Waals surface area contributed by atoms with E-state index in [1.54, 1.807) is 60.5 Å². The fourth-order valence-corrected chi connectivity index (χ4v) is 8.13. The molecule has 2 fully saturated rings. The molecule has 0 radical (unpaired) electrons. The number of nitrogens with zero attached hydrogens (tertiary/aromatic N) is 2. The zero-order valence-electron chi connectivity index (χ0n) is 25.5. The molecule has 1 amide bonds. The van der Waals surface area contributed by atoms with Gasteiger partial charge in [0.2, 0.25) is 5.91 Å². The Bertz CT molecular complexity index is 1920. The number of amides is 1. The summed E-state index contributed by atoms with van der Waals surface area (Å²) in [6.07, 6.45) is 3.00. The van der Waals surface area contributed by atoms with E-state index in [9.17, 15) is 22.4 Å². The van der Waals surface area contributed by atoms with E-state index in [-0.39, 0.29) is 30.2 Å². The molecule has 0 unspecified atom stereocenters. The van der Waals surface area contributed by atoms with Crippen molar-refractivity contribution in [1.82, 2.24) is 9.88 Å². The van der Waals surface area contributed by atoms with Gasteiger partial charge in [0.1, 0.15) is 11.9 Å². The predicted molar refractivity (Wildman–Crippen MR) is 171 cm³/mol. The lowest BCUT2D eigenvalue weighted by Crippen LogP contribution is -2.40. The number of carbonyl (C=O) groups is 2. The zero-order chi connectivity index (χ0) is 32.6. The van der Waals surface area contributed by atoms with Crippen LogP contribution in [-0.2, 0) is 24.2 Å². The van der Waals surface area contributed by atoms with Gasteiger partial charge in [0.15, 0.2) is 21.4 Å². The van der Waals surface area contributed by atoms with Crippen LogP contribution in [0.25, 0.3) is 10.8 Å². The first-order valence-electron chi connectivity index (χ1n) is 15.2. The number of nitrogen functional groups attached to an aromatic ring is 1. The van der Waals surface area contributed by atoms with Crippen LogP contribution in [0.3, 0.4) is 0 Å². The number of fused-ring (bicyclic) bond motifs is 1. The average molecular weight is 647 g/mol. The molecule has 3 aromatic carbocycles. The van der Waals surface area contributed by atoms with Gasteiger partial charge in [-0.2, -0.15) is 0 Å². The Morgan fingerprint density at radius 3 is 2.61 bits per heavy atom. The number of pyridine rings is 1. The number of benzene rings is 3. The summed E-state index contributed by atoms with van der Waals surface area (Å²) in [4.78, 5) is 33.9. The summed E-state index contributed by atoms with van der Waals surface area (Å²) in [5, 5.41) is 4.35. The van der Waals surface area contributed by atoms with Gasteiger partial charge in [-0.25, -0.2) is 17.8 Å². The molecule has 46 heavy (non-hydrogen) atoms. The third kappa shape index (κ3) is 5.84. The summed E-state index contributed by atoms with van der Waals surface area (Å²) in [6.45, 7) is 2.01. The summed E-state index contributed by atoms with van der Waals surface area (Å²) in [6, 6.07) is 15.9. The number of aromatic nitrogens is 1. The van der Waals surface area contributed by atoms with Gasteiger partial charge < -0.3 is 25.4 Å². The maximum Gasteiger partial charge on any atom is 0.311 e. The molecule has 2 heterocycles. The van der Waals surface area contributed by atoms with E-state index in [0.717, 1.165) is 10.8 Å². The molecular weight excluding hydrogens is 611 g/mol. The second-order valence-corrected chi connectivity index (χ2v) is 13.7. The summed E-state index contributed by atoms with van der Waals surface area (Å²) in [5.74, 6) is -2.00. The highest BCUT2D eigenvalue weighted by Gasteiger charge is 2.48. The molecule has 4 aromatic rings. The number of halogens is 1. The molecule has 6 rings (SSSR count). The highest BCUT2D eigenvalue weighted by atomic mass is 32.2. The lowest BCUT2D eigenvalue weighted by Gasteiger charge is -2.33. The molecule has 2 aliphatic rings. The highest BCUT2D eigenvalue weighted by molar-refractivity contribution is 7.92. The summed E-state index contributed by atoms with van der Waals surface area (Å²) >= 11 is 0. The molecule has 0 bridgehead atoms. The molecule has 12 heteroatoms. The fraction of sp³-hybridized carbons (Fsp3) is 0.324. The molecular formula is C34H35FN4O6S. The standard InChI is InChI=1S/C34H35FN4O6S/c1-3-45-34(41)26-15-17-39(31(26)25-6-4-5-7-29(25)46(42,43)23-10-11-23)33(40)30(21-8-13-27(35)28(19-21)44-2)38-22-9-12-24-20(18-22)14-16-37-32(24)36/h4-9,12-14,16,18-19,23,26,30-31,38H,3,10-11,15,17H2,1-2H3,(H2,36,37)/t26-,30-,31-/m1/s1. The van der Waals surface area contributed by atoms with Gasteiger partial charge >= 0.3 is 5.97 Å². The summed E-state index contributed by atoms with van der Waals surface area (Å²) < 4.78 is 52.3. The number of nitrogens with one attached hydrogen (secondary N) is 1. The average Bonchev–Trinajstić information content (AvgIpc) is 3.83. The molecule has 1 aromatic heterocycles. The minimum Gasteiger partial charge on any atom is -0.494 e. The van der Waals surface area contributed by atoms with Crippen molar-refractivity contribution in [2.75, 3.05) is 31.3 Å². The topological polar surface area (TPSA) is 141 Å². The number of anilines is 2. The van der Waals surface area contributed by atoms with Crippen molar-refractivity contribution in [2.45, 2.75) is 48.4 Å². The number of methoxy groups -OCH3 is 1. The second kappa shape index (κ2) is 12.6. The molecule has 3 atom stereocenters. The van der Waals surface area contributed by atoms with E-state index in [0.29, 0.717) is 35.5 Å². The Balaban J connectivity index is 1.45. The van der Waals surface area contributed by atoms with Gasteiger partial charge in [-0.1, -0.05) is 24.3 Å². The van der Waals surface area contributed by atoms with Crippen LogP contribution in [0.4, 0.5) is 15.9 Å². The first-order chi connectivity index (χ1) is 22.1. The third-order valence-electron chi connectivity index (χ3n) is 8.64. The van der Waals surface area contributed by atoms with Crippen molar-refractivity contribution < 1.29 is 31.9 Å². The molecule has 10 nitrogen and oxygen atoms in total. The summed E-state index contributed by atoms with van der Waals surface area (Å²) in [5.41, 5.74) is 7.42. The van der Waals surface area contributed by atoms with Gasteiger partial charge in [-0.3, -0.25) is 9.59 Å². The number of esters is 1. The lowest BCUT2D eigenvalue weighted by atomic mass is 9.93. The number of nitrogens with two attached hydrogens (primary N) is 1. The monoisotopic (exact) mass is 646 g/mol. The molecule has 1 aliphatic heterocycles. The maximum atomic E-state index is 14.8. The smallest absolute Gasteiger partial charge is 0.311 e. The Morgan fingerprint density at radius 1 is 1.09 bits per heavy atom. The van der Waals surface area contributed by atoms with Gasteiger partial charge in [-0.15, -0.1) is 0 Å². The quantitative estimate of drug-likeness (QED) is 0.222. The van der Waals surface area contributed by atoms with E-state index in [1.165, 1.54) is 25.3 Å². The molecule has 1 saturated carbocycles. The molecule has 3 N–H and O–H groups in total. The van der Waals surface area contributed by atoms with Crippen LogP contribution in [0.5, 0.6) is 5.75 Å². The van der Waals surface area contributed by atoms with Crippen LogP contribution in [-0.4, -0.2) is 55.7 Å². The largest absolute Gasteiger partial charge is 0.494 e. The summed E-state index contributed by atoms with van der Waals surface area (Å²) in [7, 11) is -2.34. The number of ether oxygens (including phenoxy) is 2. The van der Waals surface area contributed by atoms with Crippen LogP contribution < -0.4 is 15.8 Å². The van der Waals surface area contributed by atoms with E-state index < -0.39 is 50.8 Å². The maximum absolute atomic E-state index is 14.8. The predicted octanol–water partition coefficient (Wildman–Crippen LogP) is 5.21. The number of rotatable bonds is 10. The second-order valence-electron chi connectivity index (χ2n) is 11.5. The Kier molecular flexibility index (Phi) is 8.56. The fourth-order valence-electron chi connectivity index (χ4n) is 6.23. The van der Waals surface area contributed by atoms with Gasteiger partial charge in [0.05, 0.1) is 35.8 Å². The zero-order valence-corrected chi connectivity index (χ0v) is 26.3. The van der Waals surface area contributed by atoms with Crippen LogP contribution in [0.1, 0.15) is 49.4 Å². The van der Waals surface area contributed by atoms with Crippen molar-refractivity contribution in [3.05, 3.63) is 89.9 Å². The first-order valence-corrected chi connectivity index (χ1v) is 16.7. The van der Waals surface area contributed by atoms with Crippen LogP contribution in [0, 0.1) is 11.7 Å². The van der Waals surface area contributed by atoms with Crippen molar-refractivity contribution in [2.24, 2.45) is 5.92 Å². The van der Waals surface area contributed by atoms with Gasteiger partial charge in [0.25, 0.3) is 0 Å². The lowest BCUT2D eigenvalue weighted by molar-refractivity contribution is -0.149. The van der Waals surface area contributed by atoms with E-state index in [1.807, 2.05) is 6.07 Å². The van der Waals surface area contributed by atoms with Crippen molar-refractivity contribution >= 4 is 44.0 Å². The number of hydrogen-bond donors (Lipinski definition) is 2. The van der Waals surface area contributed by atoms with E-state index in [4.69, 9.17) is 15.2 Å². The van der Waals surface area contributed by atoms with E-state index in [2.05, 4.69) is 10.3 Å².